The number of carboxylic acid groups (broad SMARTS) is 1. The summed E-state index contributed by atoms with van der Waals surface area (Å²) in [6.07, 6.45) is 6.21. The third kappa shape index (κ3) is 3.56. The van der Waals surface area contributed by atoms with Crippen molar-refractivity contribution in [3.05, 3.63) is 12.4 Å². The van der Waals surface area contributed by atoms with Crippen LogP contribution in [0.15, 0.2) is 17.6 Å². The van der Waals surface area contributed by atoms with Gasteiger partial charge in [-0.1, -0.05) is 32.6 Å². The van der Waals surface area contributed by atoms with E-state index in [1.165, 1.54) is 12.4 Å². The highest BCUT2D eigenvalue weighted by atomic mass is 32.2. The average Bonchev–Trinajstić information content (AvgIpc) is 2.82. The lowest BCUT2D eigenvalue weighted by molar-refractivity contribution is -0.136. The molecule has 18 heavy (non-hydrogen) atoms. The van der Waals surface area contributed by atoms with Crippen LogP contribution in [0, 0.1) is 0 Å². The van der Waals surface area contributed by atoms with E-state index in [9.17, 15) is 13.2 Å². The minimum atomic E-state index is -3.91. The standard InChI is InChI=1S/C11H18N2O4S/c1-2-3-4-5-6-9(10(14)15)18(16,17)11-12-7-8-13-11/h7-9H,2-6H2,1H3,(H,12,13)(H,14,15). The molecule has 6 nitrogen and oxygen atoms in total. The first-order valence-electron chi connectivity index (χ1n) is 5.96. The van der Waals surface area contributed by atoms with Gasteiger partial charge in [-0.05, 0) is 6.42 Å². The molecule has 0 aromatic carbocycles. The molecular formula is C11H18N2O4S. The predicted octanol–water partition coefficient (Wildman–Crippen LogP) is 1.61. The van der Waals surface area contributed by atoms with Crippen LogP contribution >= 0.6 is 0 Å². The smallest absolute Gasteiger partial charge is 0.322 e. The predicted molar refractivity (Wildman–Crippen MR) is 66.0 cm³/mol. The van der Waals surface area contributed by atoms with Crippen molar-refractivity contribution in [3.63, 3.8) is 0 Å². The summed E-state index contributed by atoms with van der Waals surface area (Å²) < 4.78 is 24.0. The Morgan fingerprint density at radius 2 is 2.17 bits per heavy atom. The molecule has 1 heterocycles. The van der Waals surface area contributed by atoms with E-state index in [1.807, 2.05) is 6.92 Å². The van der Waals surface area contributed by atoms with Gasteiger partial charge in [-0.15, -0.1) is 0 Å². The molecule has 2 N–H and O–H groups in total. The molecule has 1 aromatic rings. The summed E-state index contributed by atoms with van der Waals surface area (Å²) in [6, 6.07) is 0. The number of aromatic nitrogens is 2. The van der Waals surface area contributed by atoms with Crippen molar-refractivity contribution in [3.8, 4) is 0 Å². The number of H-pyrrole nitrogens is 1. The second-order valence-corrected chi connectivity index (χ2v) is 6.16. The number of aromatic amines is 1. The summed E-state index contributed by atoms with van der Waals surface area (Å²) >= 11 is 0. The number of sulfone groups is 1. The van der Waals surface area contributed by atoms with E-state index >= 15 is 0 Å². The Kier molecular flexibility index (Phi) is 5.33. The molecule has 0 aliphatic rings. The van der Waals surface area contributed by atoms with E-state index in [0.717, 1.165) is 19.3 Å². The van der Waals surface area contributed by atoms with Gasteiger partial charge in [-0.3, -0.25) is 4.79 Å². The van der Waals surface area contributed by atoms with E-state index < -0.39 is 21.1 Å². The zero-order chi connectivity index (χ0) is 13.6. The molecule has 1 aromatic heterocycles. The normalized spacial score (nSPS) is 13.4. The van der Waals surface area contributed by atoms with Gasteiger partial charge in [0.15, 0.2) is 5.25 Å². The van der Waals surface area contributed by atoms with Crippen LogP contribution in [0.2, 0.25) is 0 Å². The Balaban J connectivity index is 2.76. The third-order valence-corrected chi connectivity index (χ3v) is 4.66. The van der Waals surface area contributed by atoms with Crippen LogP contribution in [0.3, 0.4) is 0 Å². The molecule has 1 unspecified atom stereocenters. The minimum Gasteiger partial charge on any atom is -0.480 e. The fourth-order valence-electron chi connectivity index (χ4n) is 1.71. The number of hydrogen-bond donors (Lipinski definition) is 2. The third-order valence-electron chi connectivity index (χ3n) is 2.71. The van der Waals surface area contributed by atoms with Gasteiger partial charge in [0.2, 0.25) is 15.0 Å². The largest absolute Gasteiger partial charge is 0.480 e. The van der Waals surface area contributed by atoms with Crippen molar-refractivity contribution in [2.75, 3.05) is 0 Å². The number of nitrogens with one attached hydrogen (secondary N) is 1. The molecule has 0 aliphatic heterocycles. The van der Waals surface area contributed by atoms with Crippen molar-refractivity contribution < 1.29 is 18.3 Å². The summed E-state index contributed by atoms with van der Waals surface area (Å²) in [6.45, 7) is 2.04. The molecule has 1 rings (SSSR count). The quantitative estimate of drug-likeness (QED) is 0.701. The van der Waals surface area contributed by atoms with Gasteiger partial charge in [0.05, 0.1) is 0 Å². The lowest BCUT2D eigenvalue weighted by atomic mass is 10.1. The first-order chi connectivity index (χ1) is 8.50. The Morgan fingerprint density at radius 3 is 2.67 bits per heavy atom. The van der Waals surface area contributed by atoms with Gasteiger partial charge in [-0.25, -0.2) is 13.4 Å². The van der Waals surface area contributed by atoms with Crippen molar-refractivity contribution in [1.29, 1.82) is 0 Å². The summed E-state index contributed by atoms with van der Waals surface area (Å²) in [5.74, 6) is -1.32. The Labute approximate surface area is 106 Å². The highest BCUT2D eigenvalue weighted by molar-refractivity contribution is 7.92. The fraction of sp³-hybridized carbons (Fsp3) is 0.636. The van der Waals surface area contributed by atoms with Crippen LogP contribution in [0.1, 0.15) is 39.0 Å². The Bertz CT molecular complexity index is 467. The van der Waals surface area contributed by atoms with E-state index in [2.05, 4.69) is 9.97 Å². The van der Waals surface area contributed by atoms with Crippen LogP contribution in [-0.4, -0.2) is 34.7 Å². The average molecular weight is 274 g/mol. The Morgan fingerprint density at radius 1 is 1.44 bits per heavy atom. The molecule has 102 valence electrons. The van der Waals surface area contributed by atoms with E-state index in [-0.39, 0.29) is 11.6 Å². The summed E-state index contributed by atoms with van der Waals surface area (Å²) in [5, 5.41) is 7.35. The maximum Gasteiger partial charge on any atom is 0.322 e. The summed E-state index contributed by atoms with van der Waals surface area (Å²) in [5.41, 5.74) is 0. The number of imidazole rings is 1. The molecule has 0 aliphatic carbocycles. The van der Waals surface area contributed by atoms with Crippen LogP contribution < -0.4 is 0 Å². The molecule has 7 heteroatoms. The molecule has 0 spiro atoms. The van der Waals surface area contributed by atoms with Crippen LogP contribution in [0.5, 0.6) is 0 Å². The zero-order valence-corrected chi connectivity index (χ0v) is 11.1. The molecule has 0 saturated carbocycles. The van der Waals surface area contributed by atoms with Gasteiger partial charge in [0.25, 0.3) is 0 Å². The van der Waals surface area contributed by atoms with Gasteiger partial charge in [-0.2, -0.15) is 0 Å². The Hall–Kier alpha value is -1.37. The number of rotatable bonds is 8. The SMILES string of the molecule is CCCCCCC(C(=O)O)S(=O)(=O)c1ncc[nH]1. The van der Waals surface area contributed by atoms with E-state index in [1.54, 1.807) is 0 Å². The van der Waals surface area contributed by atoms with Gasteiger partial charge in [0.1, 0.15) is 0 Å². The van der Waals surface area contributed by atoms with Crippen molar-refractivity contribution in [1.82, 2.24) is 9.97 Å². The van der Waals surface area contributed by atoms with Crippen molar-refractivity contribution >= 4 is 15.8 Å². The molecule has 0 bridgehead atoms. The zero-order valence-electron chi connectivity index (χ0n) is 10.3. The number of nitrogens with zero attached hydrogens (tertiary/aromatic N) is 1. The fourth-order valence-corrected chi connectivity index (χ4v) is 3.16. The van der Waals surface area contributed by atoms with E-state index in [4.69, 9.17) is 5.11 Å². The molecule has 0 radical (unpaired) electrons. The highest BCUT2D eigenvalue weighted by Crippen LogP contribution is 2.18. The molecular weight excluding hydrogens is 256 g/mol. The summed E-state index contributed by atoms with van der Waals surface area (Å²) in [4.78, 5) is 17.2. The molecule has 1 atom stereocenters. The van der Waals surface area contributed by atoms with Crippen molar-refractivity contribution in [2.45, 2.75) is 49.4 Å². The molecule has 0 fully saturated rings. The van der Waals surface area contributed by atoms with Gasteiger partial charge in [0, 0.05) is 12.4 Å². The monoisotopic (exact) mass is 274 g/mol. The van der Waals surface area contributed by atoms with Crippen LogP contribution in [0.25, 0.3) is 0 Å². The van der Waals surface area contributed by atoms with E-state index in [0.29, 0.717) is 6.42 Å². The maximum absolute atomic E-state index is 12.0. The highest BCUT2D eigenvalue weighted by Gasteiger charge is 2.35. The van der Waals surface area contributed by atoms with Gasteiger partial charge < -0.3 is 10.1 Å². The second kappa shape index (κ2) is 6.53. The molecule has 0 amide bonds. The molecule has 0 saturated heterocycles. The maximum atomic E-state index is 12.0. The van der Waals surface area contributed by atoms with Gasteiger partial charge >= 0.3 is 5.97 Å². The van der Waals surface area contributed by atoms with Crippen LogP contribution in [-0.2, 0) is 14.6 Å². The number of aliphatic carboxylic acids is 1. The number of hydrogen-bond acceptors (Lipinski definition) is 4. The topological polar surface area (TPSA) is 100 Å². The lowest BCUT2D eigenvalue weighted by Crippen LogP contribution is -2.31. The van der Waals surface area contributed by atoms with Crippen LogP contribution in [0.4, 0.5) is 0 Å². The first kappa shape index (κ1) is 14.7. The number of unbranched alkanes of at least 4 members (excludes halogenated alkanes) is 3. The number of carbonyl (C=O) groups is 1. The number of carboxylic acids is 1. The minimum absolute atomic E-state index is 0.123. The second-order valence-electron chi connectivity index (χ2n) is 4.12. The van der Waals surface area contributed by atoms with Crippen molar-refractivity contribution in [2.24, 2.45) is 0 Å². The lowest BCUT2D eigenvalue weighted by Gasteiger charge is -2.11. The summed E-state index contributed by atoms with van der Waals surface area (Å²) in [7, 11) is -3.91. The first-order valence-corrected chi connectivity index (χ1v) is 7.51.